The maximum absolute atomic E-state index is 13.2. The Morgan fingerprint density at radius 2 is 1.79 bits per heavy atom. The number of benzene rings is 1. The fourth-order valence-electron chi connectivity index (χ4n) is 2.63. The molecule has 1 fully saturated rings. The van der Waals surface area contributed by atoms with E-state index in [0.717, 1.165) is 0 Å². The summed E-state index contributed by atoms with van der Waals surface area (Å²) in [6.45, 7) is 6.63. The predicted molar refractivity (Wildman–Crippen MR) is 103 cm³/mol. The molecule has 0 radical (unpaired) electrons. The zero-order chi connectivity index (χ0) is 20.7. The van der Waals surface area contributed by atoms with Crippen molar-refractivity contribution in [3.05, 3.63) is 41.7 Å². The van der Waals surface area contributed by atoms with Crippen molar-refractivity contribution >= 4 is 24.0 Å². The summed E-state index contributed by atoms with van der Waals surface area (Å²) in [5.41, 5.74) is -0.0200. The highest BCUT2D eigenvalue weighted by Gasteiger charge is 2.24. The SMILES string of the molecule is CC(C)(C)OC(=O)NCC(=O)N1CCN(C(=O)/C=C/c2cccc(F)c2)CC1. The highest BCUT2D eigenvalue weighted by Crippen LogP contribution is 2.08. The van der Waals surface area contributed by atoms with Gasteiger partial charge in [-0.15, -0.1) is 0 Å². The van der Waals surface area contributed by atoms with E-state index in [4.69, 9.17) is 4.74 Å². The molecule has 2 rings (SSSR count). The van der Waals surface area contributed by atoms with Gasteiger partial charge in [-0.25, -0.2) is 9.18 Å². The van der Waals surface area contributed by atoms with Crippen molar-refractivity contribution in [3.8, 4) is 0 Å². The lowest BCUT2D eigenvalue weighted by molar-refractivity contribution is -0.136. The molecule has 0 unspecified atom stereocenters. The van der Waals surface area contributed by atoms with E-state index in [0.29, 0.717) is 31.7 Å². The average molecular weight is 391 g/mol. The number of amides is 3. The van der Waals surface area contributed by atoms with Crippen molar-refractivity contribution in [2.24, 2.45) is 0 Å². The predicted octanol–water partition coefficient (Wildman–Crippen LogP) is 2.03. The van der Waals surface area contributed by atoms with E-state index >= 15 is 0 Å². The Kier molecular flexibility index (Phi) is 7.14. The maximum atomic E-state index is 13.2. The fraction of sp³-hybridized carbons (Fsp3) is 0.450. The van der Waals surface area contributed by atoms with Crippen molar-refractivity contribution in [1.29, 1.82) is 0 Å². The number of ether oxygens (including phenoxy) is 1. The van der Waals surface area contributed by atoms with Crippen LogP contribution in [0.1, 0.15) is 26.3 Å². The van der Waals surface area contributed by atoms with Crippen LogP contribution in [0.2, 0.25) is 0 Å². The number of rotatable bonds is 4. The Hall–Kier alpha value is -2.90. The second kappa shape index (κ2) is 9.34. The highest BCUT2D eigenvalue weighted by molar-refractivity contribution is 5.92. The quantitative estimate of drug-likeness (QED) is 0.797. The molecule has 1 aliphatic rings. The van der Waals surface area contributed by atoms with Crippen molar-refractivity contribution in [3.63, 3.8) is 0 Å². The van der Waals surface area contributed by atoms with Crippen LogP contribution in [0.4, 0.5) is 9.18 Å². The zero-order valence-electron chi connectivity index (χ0n) is 16.4. The summed E-state index contributed by atoms with van der Waals surface area (Å²) >= 11 is 0. The van der Waals surface area contributed by atoms with Gasteiger partial charge in [-0.05, 0) is 44.5 Å². The Balaban J connectivity index is 1.76. The normalized spacial score (nSPS) is 14.9. The van der Waals surface area contributed by atoms with Crippen LogP contribution in [-0.4, -0.2) is 66.0 Å². The number of carbonyl (C=O) groups excluding carboxylic acids is 3. The molecule has 0 aromatic heterocycles. The molecule has 28 heavy (non-hydrogen) atoms. The number of hydrogen-bond donors (Lipinski definition) is 1. The van der Waals surface area contributed by atoms with Gasteiger partial charge in [0, 0.05) is 32.3 Å². The molecule has 1 aromatic rings. The van der Waals surface area contributed by atoms with Gasteiger partial charge in [0.25, 0.3) is 0 Å². The lowest BCUT2D eigenvalue weighted by Gasteiger charge is -2.34. The first kappa shape index (κ1) is 21.4. The number of alkyl carbamates (subject to hydrolysis) is 1. The van der Waals surface area contributed by atoms with Gasteiger partial charge in [-0.1, -0.05) is 12.1 Å². The lowest BCUT2D eigenvalue weighted by Crippen LogP contribution is -2.52. The second-order valence-electron chi connectivity index (χ2n) is 7.45. The summed E-state index contributed by atoms with van der Waals surface area (Å²) in [7, 11) is 0. The first-order chi connectivity index (χ1) is 13.1. The number of nitrogens with zero attached hydrogens (tertiary/aromatic N) is 2. The molecule has 152 valence electrons. The average Bonchev–Trinajstić information content (AvgIpc) is 2.63. The van der Waals surface area contributed by atoms with Crippen LogP contribution in [-0.2, 0) is 14.3 Å². The van der Waals surface area contributed by atoms with Gasteiger partial charge in [0.15, 0.2) is 0 Å². The highest BCUT2D eigenvalue weighted by atomic mass is 19.1. The number of halogens is 1. The largest absolute Gasteiger partial charge is 0.444 e. The van der Waals surface area contributed by atoms with Gasteiger partial charge in [0.2, 0.25) is 11.8 Å². The Morgan fingerprint density at radius 3 is 2.39 bits per heavy atom. The minimum atomic E-state index is -0.642. The van der Waals surface area contributed by atoms with Crippen molar-refractivity contribution in [2.75, 3.05) is 32.7 Å². The van der Waals surface area contributed by atoms with Gasteiger partial charge >= 0.3 is 6.09 Å². The summed E-state index contributed by atoms with van der Waals surface area (Å²) in [6.07, 6.45) is 2.32. The molecule has 1 aromatic carbocycles. The third kappa shape index (κ3) is 7.02. The third-order valence-electron chi connectivity index (χ3n) is 3.99. The number of hydrogen-bond acceptors (Lipinski definition) is 4. The standard InChI is InChI=1S/C20H26FN3O4/c1-20(2,3)28-19(27)22-14-18(26)24-11-9-23(10-12-24)17(25)8-7-15-5-4-6-16(21)13-15/h4-8,13H,9-12,14H2,1-3H3,(H,22,27)/b8-7+. The van der Waals surface area contributed by atoms with E-state index in [1.807, 2.05) is 0 Å². The summed E-state index contributed by atoms with van der Waals surface area (Å²) in [6, 6.07) is 5.97. The van der Waals surface area contributed by atoms with Gasteiger partial charge in [0.05, 0.1) is 0 Å². The summed E-state index contributed by atoms with van der Waals surface area (Å²) in [4.78, 5) is 39.3. The fourth-order valence-corrected chi connectivity index (χ4v) is 2.63. The molecular weight excluding hydrogens is 365 g/mol. The van der Waals surface area contributed by atoms with Crippen LogP contribution in [0, 0.1) is 5.82 Å². The van der Waals surface area contributed by atoms with Crippen LogP contribution in [0.15, 0.2) is 30.3 Å². The molecule has 1 aliphatic heterocycles. The molecular formula is C20H26FN3O4. The van der Waals surface area contributed by atoms with Crippen molar-refractivity contribution in [2.45, 2.75) is 26.4 Å². The van der Waals surface area contributed by atoms with E-state index < -0.39 is 11.7 Å². The molecule has 7 nitrogen and oxygen atoms in total. The molecule has 1 heterocycles. The smallest absolute Gasteiger partial charge is 0.408 e. The number of piperazine rings is 1. The Labute approximate surface area is 164 Å². The maximum Gasteiger partial charge on any atom is 0.408 e. The molecule has 1 N–H and O–H groups in total. The topological polar surface area (TPSA) is 79.0 Å². The minimum absolute atomic E-state index is 0.150. The van der Waals surface area contributed by atoms with Crippen LogP contribution in [0.5, 0.6) is 0 Å². The van der Waals surface area contributed by atoms with Crippen LogP contribution >= 0.6 is 0 Å². The van der Waals surface area contributed by atoms with Gasteiger partial charge in [-0.2, -0.15) is 0 Å². The molecule has 0 saturated carbocycles. The monoisotopic (exact) mass is 391 g/mol. The third-order valence-corrected chi connectivity index (χ3v) is 3.99. The van der Waals surface area contributed by atoms with Crippen LogP contribution < -0.4 is 5.32 Å². The molecule has 0 atom stereocenters. The van der Waals surface area contributed by atoms with E-state index in [1.54, 1.807) is 48.8 Å². The second-order valence-corrected chi connectivity index (χ2v) is 7.45. The Bertz CT molecular complexity index is 750. The number of nitrogens with one attached hydrogen (secondary N) is 1. The molecule has 0 aliphatic carbocycles. The Morgan fingerprint density at radius 1 is 1.14 bits per heavy atom. The molecule has 8 heteroatoms. The van der Waals surface area contributed by atoms with Gasteiger partial charge < -0.3 is 19.9 Å². The van der Waals surface area contributed by atoms with E-state index in [9.17, 15) is 18.8 Å². The minimum Gasteiger partial charge on any atom is -0.444 e. The van der Waals surface area contributed by atoms with Crippen LogP contribution in [0.25, 0.3) is 6.08 Å². The van der Waals surface area contributed by atoms with Crippen LogP contribution in [0.3, 0.4) is 0 Å². The number of carbonyl (C=O) groups is 3. The van der Waals surface area contributed by atoms with E-state index in [1.165, 1.54) is 18.2 Å². The molecule has 3 amide bonds. The lowest BCUT2D eigenvalue weighted by atomic mass is 10.2. The van der Waals surface area contributed by atoms with E-state index in [2.05, 4.69) is 5.32 Å². The van der Waals surface area contributed by atoms with E-state index in [-0.39, 0.29) is 24.2 Å². The molecule has 1 saturated heterocycles. The molecule has 0 spiro atoms. The molecule has 0 bridgehead atoms. The van der Waals surface area contributed by atoms with Gasteiger partial charge in [0.1, 0.15) is 18.0 Å². The first-order valence-corrected chi connectivity index (χ1v) is 9.11. The summed E-state index contributed by atoms with van der Waals surface area (Å²) in [5.74, 6) is -0.779. The summed E-state index contributed by atoms with van der Waals surface area (Å²) in [5, 5.41) is 2.44. The van der Waals surface area contributed by atoms with Gasteiger partial charge in [-0.3, -0.25) is 9.59 Å². The van der Waals surface area contributed by atoms with Crippen molar-refractivity contribution < 1.29 is 23.5 Å². The first-order valence-electron chi connectivity index (χ1n) is 9.11. The van der Waals surface area contributed by atoms with Crippen molar-refractivity contribution in [1.82, 2.24) is 15.1 Å². The summed E-state index contributed by atoms with van der Waals surface area (Å²) < 4.78 is 18.2. The zero-order valence-corrected chi connectivity index (χ0v) is 16.4.